The Morgan fingerprint density at radius 3 is 2.87 bits per heavy atom. The van der Waals surface area contributed by atoms with Gasteiger partial charge in [0.1, 0.15) is 16.5 Å². The summed E-state index contributed by atoms with van der Waals surface area (Å²) in [7, 11) is 0. The third-order valence-corrected chi connectivity index (χ3v) is 3.03. The number of nitrogens with zero attached hydrogens (tertiary/aromatic N) is 1. The minimum Gasteiger partial charge on any atom is -0.296 e. The van der Waals surface area contributed by atoms with Crippen molar-refractivity contribution >= 4 is 29.2 Å². The number of halogens is 2. The van der Waals surface area contributed by atoms with E-state index in [9.17, 15) is 9.18 Å². The van der Waals surface area contributed by atoms with E-state index in [-0.39, 0.29) is 5.02 Å². The van der Waals surface area contributed by atoms with Crippen LogP contribution in [-0.2, 0) is 0 Å². The smallest absolute Gasteiger partial charge is 0.169 e. The van der Waals surface area contributed by atoms with Crippen molar-refractivity contribution in [3.8, 4) is 10.6 Å². The van der Waals surface area contributed by atoms with Crippen molar-refractivity contribution in [3.05, 3.63) is 40.1 Å². The summed E-state index contributed by atoms with van der Waals surface area (Å²) in [5.41, 5.74) is 0.973. The number of carbonyl (C=O) groups excluding carboxylic acids is 1. The number of thiazole rings is 1. The number of benzene rings is 1. The summed E-state index contributed by atoms with van der Waals surface area (Å²) >= 11 is 6.84. The van der Waals surface area contributed by atoms with Crippen LogP contribution in [0.25, 0.3) is 10.6 Å². The van der Waals surface area contributed by atoms with Crippen molar-refractivity contribution in [3.63, 3.8) is 0 Å². The molecule has 76 valence electrons. The van der Waals surface area contributed by atoms with Crippen LogP contribution in [0.1, 0.15) is 10.5 Å². The van der Waals surface area contributed by atoms with E-state index in [0.29, 0.717) is 22.6 Å². The lowest BCUT2D eigenvalue weighted by Gasteiger charge is -1.97. The van der Waals surface area contributed by atoms with E-state index in [1.165, 1.54) is 23.5 Å². The molecular weight excluding hydrogens is 237 g/mol. The summed E-state index contributed by atoms with van der Waals surface area (Å²) in [4.78, 5) is 14.4. The lowest BCUT2D eigenvalue weighted by atomic mass is 10.2. The summed E-state index contributed by atoms with van der Waals surface area (Å²) in [6.45, 7) is 0. The van der Waals surface area contributed by atoms with Crippen molar-refractivity contribution in [2.24, 2.45) is 0 Å². The summed E-state index contributed by atoms with van der Waals surface area (Å²) in [5, 5.41) is 2.30. The zero-order valence-electron chi connectivity index (χ0n) is 7.41. The highest BCUT2D eigenvalue weighted by Gasteiger charge is 2.07. The molecule has 0 radical (unpaired) electrons. The van der Waals surface area contributed by atoms with Crippen LogP contribution >= 0.6 is 22.9 Å². The van der Waals surface area contributed by atoms with Gasteiger partial charge in [0.15, 0.2) is 6.29 Å². The van der Waals surface area contributed by atoms with E-state index in [1.54, 1.807) is 11.4 Å². The Kier molecular flexibility index (Phi) is 2.79. The van der Waals surface area contributed by atoms with Gasteiger partial charge in [0.05, 0.1) is 5.02 Å². The van der Waals surface area contributed by atoms with Crippen LogP contribution in [0, 0.1) is 5.82 Å². The maximum absolute atomic E-state index is 13.1. The quantitative estimate of drug-likeness (QED) is 0.754. The van der Waals surface area contributed by atoms with Crippen LogP contribution in [0.15, 0.2) is 23.6 Å². The Balaban J connectivity index is 2.44. The molecular formula is C10H5ClFNOS. The zero-order chi connectivity index (χ0) is 10.8. The Morgan fingerprint density at radius 1 is 1.47 bits per heavy atom. The highest BCUT2D eigenvalue weighted by molar-refractivity contribution is 7.13. The fourth-order valence-electron chi connectivity index (χ4n) is 1.10. The van der Waals surface area contributed by atoms with Crippen molar-refractivity contribution in [1.29, 1.82) is 0 Å². The second-order valence-electron chi connectivity index (χ2n) is 2.82. The molecule has 2 nitrogen and oxygen atoms in total. The average molecular weight is 242 g/mol. The summed E-state index contributed by atoms with van der Waals surface area (Å²) in [5.74, 6) is -0.489. The SMILES string of the molecule is O=Cc1csc(-c2ccc(Cl)c(F)c2)n1. The van der Waals surface area contributed by atoms with Crippen LogP contribution in [0.3, 0.4) is 0 Å². The van der Waals surface area contributed by atoms with Gasteiger partial charge in [0.25, 0.3) is 0 Å². The molecule has 0 aliphatic heterocycles. The fourth-order valence-corrected chi connectivity index (χ4v) is 1.98. The number of carbonyl (C=O) groups is 1. The molecule has 1 heterocycles. The molecule has 0 amide bonds. The van der Waals surface area contributed by atoms with Crippen LogP contribution in [0.2, 0.25) is 5.02 Å². The van der Waals surface area contributed by atoms with E-state index in [1.807, 2.05) is 0 Å². The van der Waals surface area contributed by atoms with Gasteiger partial charge in [0, 0.05) is 10.9 Å². The molecule has 0 fully saturated rings. The predicted molar refractivity (Wildman–Crippen MR) is 57.9 cm³/mol. The molecule has 0 N–H and O–H groups in total. The molecule has 0 aliphatic rings. The van der Waals surface area contributed by atoms with E-state index >= 15 is 0 Å². The van der Waals surface area contributed by atoms with Gasteiger partial charge in [-0.1, -0.05) is 17.7 Å². The van der Waals surface area contributed by atoms with Gasteiger partial charge < -0.3 is 0 Å². The summed E-state index contributed by atoms with van der Waals surface area (Å²) in [6.07, 6.45) is 0.659. The van der Waals surface area contributed by atoms with Crippen molar-refractivity contribution in [2.45, 2.75) is 0 Å². The topological polar surface area (TPSA) is 30.0 Å². The molecule has 1 aromatic carbocycles. The third-order valence-electron chi connectivity index (χ3n) is 1.81. The molecule has 5 heteroatoms. The van der Waals surface area contributed by atoms with Crippen molar-refractivity contribution < 1.29 is 9.18 Å². The maximum Gasteiger partial charge on any atom is 0.169 e. The van der Waals surface area contributed by atoms with Gasteiger partial charge in [-0.05, 0) is 12.1 Å². The van der Waals surface area contributed by atoms with Crippen LogP contribution in [0.5, 0.6) is 0 Å². The molecule has 15 heavy (non-hydrogen) atoms. The average Bonchev–Trinajstić information content (AvgIpc) is 2.70. The second kappa shape index (κ2) is 4.08. The maximum atomic E-state index is 13.1. The lowest BCUT2D eigenvalue weighted by molar-refractivity contribution is 0.111. The predicted octanol–water partition coefficient (Wildman–Crippen LogP) is 3.42. The Hall–Kier alpha value is -1.26. The normalized spacial score (nSPS) is 10.3. The molecule has 2 aromatic rings. The first-order chi connectivity index (χ1) is 7.20. The molecule has 1 aromatic heterocycles. The van der Waals surface area contributed by atoms with E-state index < -0.39 is 5.82 Å². The van der Waals surface area contributed by atoms with Crippen molar-refractivity contribution in [2.75, 3.05) is 0 Å². The van der Waals surface area contributed by atoms with E-state index in [2.05, 4.69) is 4.98 Å². The van der Waals surface area contributed by atoms with Crippen LogP contribution in [-0.4, -0.2) is 11.3 Å². The Morgan fingerprint density at radius 2 is 2.27 bits per heavy atom. The van der Waals surface area contributed by atoms with Gasteiger partial charge in [-0.25, -0.2) is 9.37 Å². The monoisotopic (exact) mass is 241 g/mol. The number of aldehydes is 1. The summed E-state index contributed by atoms with van der Waals surface area (Å²) in [6, 6.07) is 4.43. The first kappa shape index (κ1) is 10.3. The lowest BCUT2D eigenvalue weighted by Crippen LogP contribution is -1.82. The van der Waals surface area contributed by atoms with Gasteiger partial charge in [-0.15, -0.1) is 11.3 Å². The minimum absolute atomic E-state index is 0.0749. The zero-order valence-corrected chi connectivity index (χ0v) is 8.98. The van der Waals surface area contributed by atoms with Gasteiger partial charge in [-0.3, -0.25) is 4.79 Å². The highest BCUT2D eigenvalue weighted by atomic mass is 35.5. The molecule has 0 saturated heterocycles. The first-order valence-corrected chi connectivity index (χ1v) is 5.32. The van der Waals surface area contributed by atoms with Crippen molar-refractivity contribution in [1.82, 2.24) is 4.98 Å². The molecule has 0 atom stereocenters. The third kappa shape index (κ3) is 2.06. The standard InChI is InChI=1S/C10H5ClFNOS/c11-8-2-1-6(3-9(8)12)10-13-7(4-14)5-15-10/h1-5H. The Labute approximate surface area is 94.3 Å². The van der Waals surface area contributed by atoms with Gasteiger partial charge >= 0.3 is 0 Å². The minimum atomic E-state index is -0.489. The molecule has 0 bridgehead atoms. The van der Waals surface area contributed by atoms with Gasteiger partial charge in [-0.2, -0.15) is 0 Å². The van der Waals surface area contributed by atoms with Crippen LogP contribution < -0.4 is 0 Å². The largest absolute Gasteiger partial charge is 0.296 e. The number of aromatic nitrogens is 1. The van der Waals surface area contributed by atoms with Gasteiger partial charge in [0.2, 0.25) is 0 Å². The van der Waals surface area contributed by atoms with E-state index in [0.717, 1.165) is 0 Å². The molecule has 0 saturated carbocycles. The molecule has 0 aliphatic carbocycles. The number of hydrogen-bond acceptors (Lipinski definition) is 3. The molecule has 0 unspecified atom stereocenters. The fraction of sp³-hybridized carbons (Fsp3) is 0. The Bertz CT molecular complexity index is 512. The highest BCUT2D eigenvalue weighted by Crippen LogP contribution is 2.26. The second-order valence-corrected chi connectivity index (χ2v) is 4.09. The number of rotatable bonds is 2. The molecule has 0 spiro atoms. The first-order valence-electron chi connectivity index (χ1n) is 4.07. The number of hydrogen-bond donors (Lipinski definition) is 0. The summed E-state index contributed by atoms with van der Waals surface area (Å²) < 4.78 is 13.1. The van der Waals surface area contributed by atoms with Crippen LogP contribution in [0.4, 0.5) is 4.39 Å². The molecule has 2 rings (SSSR count). The van der Waals surface area contributed by atoms with E-state index in [4.69, 9.17) is 11.6 Å².